The first kappa shape index (κ1) is 19.1. The normalized spacial score (nSPS) is 22.2. The van der Waals surface area contributed by atoms with E-state index in [0.29, 0.717) is 6.54 Å². The first-order valence-electron chi connectivity index (χ1n) is 9.12. The van der Waals surface area contributed by atoms with Gasteiger partial charge in [0.25, 0.3) is 0 Å². The molecular weight excluding hydrogens is 439 g/mol. The number of fused-ring (bicyclic) bond motifs is 1. The number of aryl methyl sites for hydroxylation is 1. The lowest BCUT2D eigenvalue weighted by Gasteiger charge is -2.27. The number of benzene rings is 1. The molecule has 1 N–H and O–H groups in total. The first-order valence-corrected chi connectivity index (χ1v) is 9.12. The Balaban J connectivity index is 0.00000196. The van der Waals surface area contributed by atoms with Crippen molar-refractivity contribution in [2.45, 2.75) is 44.7 Å². The lowest BCUT2D eigenvalue weighted by Crippen LogP contribution is -2.41. The monoisotopic (exact) mass is 466 g/mol. The van der Waals surface area contributed by atoms with E-state index in [0.717, 1.165) is 50.1 Å². The minimum atomic E-state index is 0. The van der Waals surface area contributed by atoms with Crippen molar-refractivity contribution in [2.75, 3.05) is 20.1 Å². The second-order valence-corrected chi connectivity index (χ2v) is 7.29. The zero-order chi connectivity index (χ0) is 17.3. The van der Waals surface area contributed by atoms with Gasteiger partial charge in [-0.15, -0.1) is 34.2 Å². The van der Waals surface area contributed by atoms with Crippen LogP contribution in [-0.2, 0) is 24.9 Å². The van der Waals surface area contributed by atoms with Gasteiger partial charge in [-0.2, -0.15) is 0 Å². The second kappa shape index (κ2) is 7.94. The number of nitrogens with one attached hydrogen (secondary N) is 1. The minimum absolute atomic E-state index is 0. The molecule has 1 saturated heterocycles. The van der Waals surface area contributed by atoms with E-state index in [1.165, 1.54) is 12.0 Å². The molecule has 1 aromatic heterocycles. The summed E-state index contributed by atoms with van der Waals surface area (Å²) in [7, 11) is 1.86. The summed E-state index contributed by atoms with van der Waals surface area (Å²) in [5, 5.41) is 12.1. The third-order valence-electron chi connectivity index (χ3n) is 5.55. The fraction of sp³-hybridized carbons (Fsp3) is 0.526. The average molecular weight is 466 g/mol. The third-order valence-corrected chi connectivity index (χ3v) is 5.55. The molecule has 7 heteroatoms. The van der Waals surface area contributed by atoms with Gasteiger partial charge in [-0.3, -0.25) is 4.99 Å². The largest absolute Gasteiger partial charge is 0.349 e. The quantitative estimate of drug-likeness (QED) is 0.429. The molecule has 0 bridgehead atoms. The number of hydrogen-bond acceptors (Lipinski definition) is 3. The van der Waals surface area contributed by atoms with Gasteiger partial charge in [-0.25, -0.2) is 0 Å². The van der Waals surface area contributed by atoms with E-state index in [-0.39, 0.29) is 29.4 Å². The lowest BCUT2D eigenvalue weighted by atomic mass is 9.82. The van der Waals surface area contributed by atoms with Gasteiger partial charge in [0, 0.05) is 38.5 Å². The van der Waals surface area contributed by atoms with E-state index in [1.54, 1.807) is 0 Å². The van der Waals surface area contributed by atoms with Gasteiger partial charge in [-0.05, 0) is 18.4 Å². The van der Waals surface area contributed by atoms with Crippen molar-refractivity contribution in [1.29, 1.82) is 0 Å². The van der Waals surface area contributed by atoms with E-state index in [4.69, 9.17) is 0 Å². The van der Waals surface area contributed by atoms with E-state index in [2.05, 4.69) is 67.2 Å². The van der Waals surface area contributed by atoms with Crippen LogP contribution >= 0.6 is 24.0 Å². The molecule has 0 saturated carbocycles. The van der Waals surface area contributed by atoms with E-state index in [1.807, 2.05) is 7.05 Å². The predicted molar refractivity (Wildman–Crippen MR) is 114 cm³/mol. The van der Waals surface area contributed by atoms with Crippen LogP contribution < -0.4 is 5.32 Å². The number of halogens is 1. The van der Waals surface area contributed by atoms with Gasteiger partial charge < -0.3 is 14.8 Å². The van der Waals surface area contributed by atoms with Gasteiger partial charge >= 0.3 is 0 Å². The van der Waals surface area contributed by atoms with Crippen molar-refractivity contribution < 1.29 is 0 Å². The fourth-order valence-corrected chi connectivity index (χ4v) is 4.05. The molecule has 26 heavy (non-hydrogen) atoms. The van der Waals surface area contributed by atoms with Crippen LogP contribution in [-0.4, -0.2) is 45.8 Å². The highest BCUT2D eigenvalue weighted by atomic mass is 127. The minimum Gasteiger partial charge on any atom is -0.349 e. The van der Waals surface area contributed by atoms with Crippen LogP contribution in [0.3, 0.4) is 0 Å². The van der Waals surface area contributed by atoms with E-state index in [9.17, 15) is 0 Å². The number of guanidine groups is 1. The summed E-state index contributed by atoms with van der Waals surface area (Å²) in [6.07, 6.45) is 3.36. The Morgan fingerprint density at radius 1 is 1.23 bits per heavy atom. The summed E-state index contributed by atoms with van der Waals surface area (Å²) >= 11 is 0. The van der Waals surface area contributed by atoms with Crippen LogP contribution in [0.25, 0.3) is 0 Å². The molecule has 3 heterocycles. The number of aromatic nitrogens is 3. The van der Waals surface area contributed by atoms with Gasteiger partial charge in [0.05, 0.1) is 6.54 Å². The van der Waals surface area contributed by atoms with Gasteiger partial charge in [-0.1, -0.05) is 37.3 Å². The lowest BCUT2D eigenvalue weighted by molar-refractivity contribution is 0.437. The predicted octanol–water partition coefficient (Wildman–Crippen LogP) is 2.58. The van der Waals surface area contributed by atoms with Crippen molar-refractivity contribution in [2.24, 2.45) is 4.99 Å². The highest BCUT2D eigenvalue weighted by Gasteiger charge is 2.36. The fourth-order valence-electron chi connectivity index (χ4n) is 4.05. The van der Waals surface area contributed by atoms with Crippen LogP contribution in [0.4, 0.5) is 0 Å². The van der Waals surface area contributed by atoms with E-state index < -0.39 is 0 Å². The van der Waals surface area contributed by atoms with Crippen molar-refractivity contribution >= 4 is 29.9 Å². The number of hydrogen-bond donors (Lipinski definition) is 1. The molecule has 0 spiro atoms. The Morgan fingerprint density at radius 3 is 2.81 bits per heavy atom. The summed E-state index contributed by atoms with van der Waals surface area (Å²) in [5.41, 5.74) is 1.58. The standard InChI is InChI=1S/C19H26N6.HI/c1-19(15-7-4-3-5-8-15)10-12-24(14-19)18(20-2)21-13-17-23-22-16-9-6-11-25(16)17;/h3-5,7-8H,6,9-14H2,1-2H3,(H,20,21);1H. The topological polar surface area (TPSA) is 58.3 Å². The van der Waals surface area contributed by atoms with Crippen LogP contribution in [0.1, 0.15) is 37.0 Å². The highest BCUT2D eigenvalue weighted by molar-refractivity contribution is 14.0. The summed E-state index contributed by atoms with van der Waals surface area (Å²) in [5.74, 6) is 3.08. The highest BCUT2D eigenvalue weighted by Crippen LogP contribution is 2.33. The molecule has 2 aromatic rings. The summed E-state index contributed by atoms with van der Waals surface area (Å²) < 4.78 is 2.23. The smallest absolute Gasteiger partial charge is 0.194 e. The summed E-state index contributed by atoms with van der Waals surface area (Å²) in [6.45, 7) is 6.06. The van der Waals surface area contributed by atoms with Gasteiger partial charge in [0.15, 0.2) is 11.8 Å². The number of aliphatic imine (C=N–C) groups is 1. The van der Waals surface area contributed by atoms with Crippen LogP contribution in [0.15, 0.2) is 35.3 Å². The average Bonchev–Trinajstić information content (AvgIpc) is 3.34. The Labute approximate surface area is 172 Å². The Hall–Kier alpha value is -1.64. The SMILES string of the molecule is CN=C(NCc1nnc2n1CCC2)N1CCC(C)(c2ccccc2)C1.I. The van der Waals surface area contributed by atoms with Crippen molar-refractivity contribution in [1.82, 2.24) is 25.0 Å². The summed E-state index contributed by atoms with van der Waals surface area (Å²) in [6, 6.07) is 10.8. The van der Waals surface area contributed by atoms with Crippen molar-refractivity contribution in [3.05, 3.63) is 47.5 Å². The molecule has 1 atom stereocenters. The maximum absolute atomic E-state index is 4.50. The molecule has 1 unspecified atom stereocenters. The molecule has 6 nitrogen and oxygen atoms in total. The van der Waals surface area contributed by atoms with Crippen LogP contribution in [0, 0.1) is 0 Å². The molecule has 1 fully saturated rings. The van der Waals surface area contributed by atoms with Crippen molar-refractivity contribution in [3.8, 4) is 0 Å². The van der Waals surface area contributed by atoms with Crippen LogP contribution in [0.2, 0.25) is 0 Å². The zero-order valence-corrected chi connectivity index (χ0v) is 17.8. The Morgan fingerprint density at radius 2 is 2.04 bits per heavy atom. The molecule has 2 aliphatic heterocycles. The van der Waals surface area contributed by atoms with Gasteiger partial charge in [0.1, 0.15) is 5.82 Å². The number of likely N-dealkylation sites (tertiary alicyclic amines) is 1. The summed E-state index contributed by atoms with van der Waals surface area (Å²) in [4.78, 5) is 6.85. The third kappa shape index (κ3) is 3.58. The van der Waals surface area contributed by atoms with E-state index >= 15 is 0 Å². The molecule has 0 radical (unpaired) electrons. The molecule has 140 valence electrons. The van der Waals surface area contributed by atoms with Crippen molar-refractivity contribution in [3.63, 3.8) is 0 Å². The molecule has 0 aliphatic carbocycles. The zero-order valence-electron chi connectivity index (χ0n) is 15.5. The maximum Gasteiger partial charge on any atom is 0.194 e. The molecule has 0 amide bonds. The number of rotatable bonds is 3. The molecular formula is C19H27IN6. The molecule has 2 aliphatic rings. The first-order chi connectivity index (χ1) is 12.2. The second-order valence-electron chi connectivity index (χ2n) is 7.29. The Kier molecular flexibility index (Phi) is 5.84. The maximum atomic E-state index is 4.50. The molecule has 1 aromatic carbocycles. The number of nitrogens with zero attached hydrogens (tertiary/aromatic N) is 5. The van der Waals surface area contributed by atoms with Gasteiger partial charge in [0.2, 0.25) is 0 Å². The Bertz CT molecular complexity index is 772. The van der Waals surface area contributed by atoms with Crippen LogP contribution in [0.5, 0.6) is 0 Å². The molecule has 4 rings (SSSR count).